The summed E-state index contributed by atoms with van der Waals surface area (Å²) < 4.78 is 6.34. The molecule has 1 N–H and O–H groups in total. The molecule has 0 aliphatic carbocycles. The summed E-state index contributed by atoms with van der Waals surface area (Å²) in [5.74, 6) is 2.45. The Morgan fingerprint density at radius 1 is 0.893 bits per heavy atom. The van der Waals surface area contributed by atoms with Gasteiger partial charge in [0.2, 0.25) is 0 Å². The topological polar surface area (TPSA) is 40.6 Å². The molecule has 2 aromatic rings. The summed E-state index contributed by atoms with van der Waals surface area (Å²) in [6, 6.07) is 12.9. The number of fused-ring (bicyclic) bond motifs is 2. The predicted molar refractivity (Wildman–Crippen MR) is 113 cm³/mol. The first kappa shape index (κ1) is 17.8. The molecule has 5 rings (SSSR count). The lowest BCUT2D eigenvalue weighted by molar-refractivity contribution is 0.170. The number of hydrogen-bond acceptors (Lipinski definition) is 5. The van der Waals surface area contributed by atoms with Crippen LogP contribution in [0, 0.1) is 11.8 Å². The highest BCUT2D eigenvalue weighted by Gasteiger charge is 2.30. The largest absolute Gasteiger partial charge is 0.489 e. The van der Waals surface area contributed by atoms with E-state index in [2.05, 4.69) is 56.5 Å². The Labute approximate surface area is 167 Å². The van der Waals surface area contributed by atoms with Crippen LogP contribution in [-0.4, -0.2) is 50.4 Å². The molecule has 2 atom stereocenters. The van der Waals surface area contributed by atoms with Gasteiger partial charge in [0.25, 0.3) is 0 Å². The van der Waals surface area contributed by atoms with Gasteiger partial charge in [-0.2, -0.15) is 0 Å². The summed E-state index contributed by atoms with van der Waals surface area (Å²) in [6.45, 7) is 6.65. The molecule has 0 radical (unpaired) electrons. The van der Waals surface area contributed by atoms with Gasteiger partial charge in [0.15, 0.2) is 0 Å². The zero-order chi connectivity index (χ0) is 18.8. The van der Waals surface area contributed by atoms with Crippen LogP contribution in [0.3, 0.4) is 0 Å². The quantitative estimate of drug-likeness (QED) is 0.885. The van der Waals surface area contributed by atoms with Crippen LogP contribution in [0.4, 0.5) is 11.4 Å². The summed E-state index contributed by atoms with van der Waals surface area (Å²) in [5, 5.41) is 3.57. The maximum atomic E-state index is 6.34. The molecular formula is C23H30N4O. The number of aromatic nitrogens is 1. The van der Waals surface area contributed by atoms with Gasteiger partial charge in [-0.25, -0.2) is 0 Å². The number of para-hydroxylation sites is 1. The van der Waals surface area contributed by atoms with Gasteiger partial charge in [-0.05, 0) is 43.5 Å². The number of pyridine rings is 1. The molecule has 3 aliphatic rings. The second-order valence-electron chi connectivity index (χ2n) is 8.55. The lowest BCUT2D eigenvalue weighted by Crippen LogP contribution is -2.51. The molecule has 2 unspecified atom stereocenters. The normalized spacial score (nSPS) is 25.6. The van der Waals surface area contributed by atoms with E-state index in [0.29, 0.717) is 0 Å². The van der Waals surface area contributed by atoms with Gasteiger partial charge in [0.1, 0.15) is 11.9 Å². The second-order valence-corrected chi connectivity index (χ2v) is 8.55. The lowest BCUT2D eigenvalue weighted by Gasteiger charge is -2.42. The highest BCUT2D eigenvalue weighted by atomic mass is 16.5. The first-order chi connectivity index (χ1) is 13.8. The molecule has 3 aliphatic heterocycles. The smallest absolute Gasteiger partial charge is 0.140 e. The van der Waals surface area contributed by atoms with E-state index in [1.54, 1.807) is 0 Å². The van der Waals surface area contributed by atoms with Gasteiger partial charge < -0.3 is 19.9 Å². The van der Waals surface area contributed by atoms with Crippen molar-refractivity contribution < 1.29 is 4.74 Å². The SMILES string of the molecule is c1ccc(N2CCC(Oc3cncc(N4CC5CNCC(C5)C4)c3)CC2)cc1. The van der Waals surface area contributed by atoms with Crippen molar-refractivity contribution in [3.63, 3.8) is 0 Å². The molecule has 28 heavy (non-hydrogen) atoms. The van der Waals surface area contributed by atoms with Crippen LogP contribution in [0.1, 0.15) is 19.3 Å². The van der Waals surface area contributed by atoms with E-state index in [9.17, 15) is 0 Å². The Balaban J connectivity index is 1.19. The van der Waals surface area contributed by atoms with Crippen LogP contribution in [0.5, 0.6) is 5.75 Å². The van der Waals surface area contributed by atoms with Gasteiger partial charge in [-0.15, -0.1) is 0 Å². The van der Waals surface area contributed by atoms with Crippen molar-refractivity contribution in [2.45, 2.75) is 25.4 Å². The van der Waals surface area contributed by atoms with Crippen LogP contribution in [0.2, 0.25) is 0 Å². The Morgan fingerprint density at radius 3 is 2.39 bits per heavy atom. The number of hydrogen-bond donors (Lipinski definition) is 1. The van der Waals surface area contributed by atoms with E-state index in [1.165, 1.54) is 17.8 Å². The maximum absolute atomic E-state index is 6.34. The fraction of sp³-hybridized carbons (Fsp3) is 0.522. The van der Waals surface area contributed by atoms with Crippen LogP contribution < -0.4 is 19.9 Å². The monoisotopic (exact) mass is 378 g/mol. The van der Waals surface area contributed by atoms with E-state index in [-0.39, 0.29) is 6.10 Å². The van der Waals surface area contributed by atoms with Gasteiger partial charge in [-0.1, -0.05) is 18.2 Å². The van der Waals surface area contributed by atoms with E-state index < -0.39 is 0 Å². The number of benzene rings is 1. The summed E-state index contributed by atoms with van der Waals surface area (Å²) in [7, 11) is 0. The van der Waals surface area contributed by atoms with Crippen molar-refractivity contribution in [3.05, 3.63) is 48.8 Å². The van der Waals surface area contributed by atoms with Gasteiger partial charge in [-0.3, -0.25) is 4.98 Å². The fourth-order valence-electron chi connectivity index (χ4n) is 5.02. The molecule has 148 valence electrons. The molecule has 4 heterocycles. The molecule has 2 bridgehead atoms. The lowest BCUT2D eigenvalue weighted by atomic mass is 9.85. The zero-order valence-electron chi connectivity index (χ0n) is 16.5. The average molecular weight is 379 g/mol. The van der Waals surface area contributed by atoms with Crippen molar-refractivity contribution in [3.8, 4) is 5.75 Å². The first-order valence-electron chi connectivity index (χ1n) is 10.7. The minimum Gasteiger partial charge on any atom is -0.489 e. The van der Waals surface area contributed by atoms with E-state index in [0.717, 1.165) is 69.7 Å². The van der Waals surface area contributed by atoms with Crippen molar-refractivity contribution in [1.82, 2.24) is 10.3 Å². The van der Waals surface area contributed by atoms with Gasteiger partial charge in [0.05, 0.1) is 18.1 Å². The summed E-state index contributed by atoms with van der Waals surface area (Å²) >= 11 is 0. The second kappa shape index (κ2) is 8.00. The molecule has 0 amide bonds. The van der Waals surface area contributed by atoms with E-state index in [1.807, 2.05) is 12.4 Å². The summed E-state index contributed by atoms with van der Waals surface area (Å²) in [6.07, 6.45) is 7.63. The number of rotatable bonds is 4. The molecular weight excluding hydrogens is 348 g/mol. The van der Waals surface area contributed by atoms with Crippen molar-refractivity contribution >= 4 is 11.4 Å². The third kappa shape index (κ3) is 3.95. The van der Waals surface area contributed by atoms with Gasteiger partial charge >= 0.3 is 0 Å². The molecule has 1 aromatic carbocycles. The molecule has 5 nitrogen and oxygen atoms in total. The number of piperidine rings is 3. The highest BCUT2D eigenvalue weighted by Crippen LogP contribution is 2.30. The third-order valence-electron chi connectivity index (χ3n) is 6.42. The van der Waals surface area contributed by atoms with Gasteiger partial charge in [0, 0.05) is 50.8 Å². The van der Waals surface area contributed by atoms with Crippen LogP contribution in [0.25, 0.3) is 0 Å². The van der Waals surface area contributed by atoms with Crippen molar-refractivity contribution in [1.29, 1.82) is 0 Å². The summed E-state index contributed by atoms with van der Waals surface area (Å²) in [5.41, 5.74) is 2.53. The average Bonchev–Trinajstić information content (AvgIpc) is 2.75. The predicted octanol–water partition coefficient (Wildman–Crippen LogP) is 3.18. The Bertz CT molecular complexity index is 763. The van der Waals surface area contributed by atoms with Crippen LogP contribution >= 0.6 is 0 Å². The van der Waals surface area contributed by atoms with Crippen molar-refractivity contribution in [2.75, 3.05) is 49.1 Å². The number of ether oxygens (including phenoxy) is 1. The fourth-order valence-corrected chi connectivity index (χ4v) is 5.02. The Morgan fingerprint density at radius 2 is 1.64 bits per heavy atom. The van der Waals surface area contributed by atoms with Crippen LogP contribution in [-0.2, 0) is 0 Å². The standard InChI is InChI=1S/C23H30N4O/c1-2-4-20(5-3-1)26-8-6-22(7-9-26)28-23-11-21(14-25-15-23)27-16-18-10-19(17-27)13-24-12-18/h1-5,11,14-15,18-19,22,24H,6-10,12-13,16-17H2. The first-order valence-corrected chi connectivity index (χ1v) is 10.7. The minimum absolute atomic E-state index is 0.280. The molecule has 1 aromatic heterocycles. The number of nitrogens with zero attached hydrogens (tertiary/aromatic N) is 3. The van der Waals surface area contributed by atoms with E-state index in [4.69, 9.17) is 4.74 Å². The maximum Gasteiger partial charge on any atom is 0.140 e. The Hall–Kier alpha value is -2.27. The van der Waals surface area contributed by atoms with Crippen LogP contribution in [0.15, 0.2) is 48.8 Å². The molecule has 5 heteroatoms. The van der Waals surface area contributed by atoms with Crippen molar-refractivity contribution in [2.24, 2.45) is 11.8 Å². The molecule has 3 fully saturated rings. The zero-order valence-corrected chi connectivity index (χ0v) is 16.5. The number of anilines is 2. The molecule has 0 spiro atoms. The third-order valence-corrected chi connectivity index (χ3v) is 6.42. The highest BCUT2D eigenvalue weighted by molar-refractivity contribution is 5.49. The molecule has 3 saturated heterocycles. The van der Waals surface area contributed by atoms with E-state index >= 15 is 0 Å². The molecule has 0 saturated carbocycles. The Kier molecular flexibility index (Phi) is 5.08. The number of nitrogens with one attached hydrogen (secondary N) is 1. The minimum atomic E-state index is 0.280. The summed E-state index contributed by atoms with van der Waals surface area (Å²) in [4.78, 5) is 9.45.